The van der Waals surface area contributed by atoms with Crippen molar-refractivity contribution in [3.63, 3.8) is 0 Å². The fraction of sp³-hybridized carbons (Fsp3) is 0.125. The Morgan fingerprint density at radius 1 is 0.300 bits per heavy atom. The number of rotatable bonds is 6. The van der Waals surface area contributed by atoms with Gasteiger partial charge in [0.15, 0.2) is 0 Å². The minimum absolute atomic E-state index is 0.207. The van der Waals surface area contributed by atoms with E-state index in [2.05, 4.69) is 207 Å². The summed E-state index contributed by atoms with van der Waals surface area (Å²) in [6, 6.07) is 62.5. The third kappa shape index (κ3) is 4.63. The molecule has 0 aliphatic rings. The first-order chi connectivity index (χ1) is 24.3. The molecule has 0 radical (unpaired) electrons. The topological polar surface area (TPSA) is 9.86 Å². The summed E-state index contributed by atoms with van der Waals surface area (Å²) in [6.07, 6.45) is 0. The van der Waals surface area contributed by atoms with Gasteiger partial charge in [-0.25, -0.2) is 0 Å². The number of fused-ring (bicyclic) bond motifs is 6. The summed E-state index contributed by atoms with van der Waals surface area (Å²) in [5.74, 6) is 0. The number of para-hydroxylation sites is 3. The fourth-order valence-corrected chi connectivity index (χ4v) is 8.08. The fourth-order valence-electron chi connectivity index (χ4n) is 8.08. The quantitative estimate of drug-likeness (QED) is 0.170. The molecule has 2 aromatic heterocycles. The van der Waals surface area contributed by atoms with E-state index in [0.717, 1.165) is 0 Å². The minimum Gasteiger partial charge on any atom is -0.309 e. The van der Waals surface area contributed by atoms with E-state index in [-0.39, 0.29) is 10.8 Å². The summed E-state index contributed by atoms with van der Waals surface area (Å²) in [7, 11) is 0. The van der Waals surface area contributed by atoms with Crippen LogP contribution in [0.5, 0.6) is 0 Å². The molecule has 9 aromatic rings. The summed E-state index contributed by atoms with van der Waals surface area (Å²) in [4.78, 5) is 0. The van der Waals surface area contributed by atoms with Gasteiger partial charge in [-0.05, 0) is 70.8 Å². The van der Waals surface area contributed by atoms with Gasteiger partial charge in [0.05, 0.1) is 22.1 Å². The lowest BCUT2D eigenvalue weighted by Gasteiger charge is -2.32. The lowest BCUT2D eigenvalue weighted by atomic mass is 9.73. The zero-order valence-electron chi connectivity index (χ0n) is 29.1. The predicted molar refractivity (Wildman–Crippen MR) is 212 cm³/mol. The van der Waals surface area contributed by atoms with Crippen molar-refractivity contribution in [2.24, 2.45) is 0 Å². The third-order valence-corrected chi connectivity index (χ3v) is 11.1. The molecule has 0 spiro atoms. The Bertz CT molecular complexity index is 2560. The standard InChI is InChI=1S/C48H40N2/c1-47(2,33-17-7-5-8-18-33)35-29-36(48(3,4)34-19-9-6-10-20-34)31-38(30-35)50-45-26-16-13-23-41(45)42-32-37(27-28-46(42)50)49-43-24-14-11-21-39(43)40-22-12-15-25-44(40)49/h5-32H,1-4H3. The number of hydrogen-bond acceptors (Lipinski definition) is 0. The molecule has 50 heavy (non-hydrogen) atoms. The molecule has 0 bridgehead atoms. The van der Waals surface area contributed by atoms with Crippen molar-refractivity contribution in [1.29, 1.82) is 0 Å². The maximum Gasteiger partial charge on any atom is 0.0542 e. The van der Waals surface area contributed by atoms with E-state index in [1.54, 1.807) is 0 Å². The second-order valence-corrected chi connectivity index (χ2v) is 14.7. The minimum atomic E-state index is -0.207. The largest absolute Gasteiger partial charge is 0.309 e. The molecule has 2 heterocycles. The van der Waals surface area contributed by atoms with Gasteiger partial charge in [-0.1, -0.05) is 149 Å². The van der Waals surface area contributed by atoms with E-state index in [1.807, 2.05) is 0 Å². The third-order valence-electron chi connectivity index (χ3n) is 11.1. The Balaban J connectivity index is 1.31. The summed E-state index contributed by atoms with van der Waals surface area (Å²) in [5, 5.41) is 5.05. The molecule has 0 aliphatic carbocycles. The van der Waals surface area contributed by atoms with E-state index >= 15 is 0 Å². The van der Waals surface area contributed by atoms with Gasteiger partial charge < -0.3 is 9.13 Å². The van der Waals surface area contributed by atoms with Crippen molar-refractivity contribution in [1.82, 2.24) is 9.13 Å². The van der Waals surface area contributed by atoms with Crippen molar-refractivity contribution in [2.75, 3.05) is 0 Å². The van der Waals surface area contributed by atoms with E-state index in [9.17, 15) is 0 Å². The molecule has 0 saturated heterocycles. The summed E-state index contributed by atoms with van der Waals surface area (Å²) >= 11 is 0. The van der Waals surface area contributed by atoms with Crippen LogP contribution in [0.25, 0.3) is 55.0 Å². The van der Waals surface area contributed by atoms with Crippen LogP contribution in [-0.4, -0.2) is 9.13 Å². The highest BCUT2D eigenvalue weighted by Crippen LogP contribution is 2.41. The Hall–Kier alpha value is -5.86. The van der Waals surface area contributed by atoms with Gasteiger partial charge >= 0.3 is 0 Å². The van der Waals surface area contributed by atoms with E-state index in [4.69, 9.17) is 0 Å². The molecule has 0 aliphatic heterocycles. The maximum absolute atomic E-state index is 2.48. The van der Waals surface area contributed by atoms with E-state index < -0.39 is 0 Å². The van der Waals surface area contributed by atoms with E-state index in [1.165, 1.54) is 77.2 Å². The van der Waals surface area contributed by atoms with Crippen LogP contribution in [-0.2, 0) is 10.8 Å². The van der Waals surface area contributed by atoms with Crippen molar-refractivity contribution < 1.29 is 0 Å². The van der Waals surface area contributed by atoms with E-state index in [0.29, 0.717) is 0 Å². The van der Waals surface area contributed by atoms with Crippen molar-refractivity contribution >= 4 is 43.6 Å². The normalized spacial score (nSPS) is 12.4. The molecule has 2 nitrogen and oxygen atoms in total. The lowest BCUT2D eigenvalue weighted by Crippen LogP contribution is -2.23. The second-order valence-electron chi connectivity index (χ2n) is 14.7. The van der Waals surface area contributed by atoms with Crippen molar-refractivity contribution in [2.45, 2.75) is 38.5 Å². The molecule has 0 fully saturated rings. The average molecular weight is 645 g/mol. The molecular weight excluding hydrogens is 605 g/mol. The molecule has 2 heteroatoms. The zero-order valence-corrected chi connectivity index (χ0v) is 29.1. The monoisotopic (exact) mass is 644 g/mol. The van der Waals surface area contributed by atoms with Gasteiger partial charge in [-0.2, -0.15) is 0 Å². The molecule has 242 valence electrons. The molecule has 7 aromatic carbocycles. The Labute approximate surface area is 293 Å². The van der Waals surface area contributed by atoms with Crippen molar-refractivity contribution in [3.05, 3.63) is 192 Å². The van der Waals surface area contributed by atoms with Gasteiger partial charge in [0.2, 0.25) is 0 Å². The zero-order chi connectivity index (χ0) is 34.0. The first kappa shape index (κ1) is 30.2. The van der Waals surface area contributed by atoms with Crippen LogP contribution in [0.15, 0.2) is 170 Å². The number of nitrogens with zero attached hydrogens (tertiary/aromatic N) is 2. The van der Waals surface area contributed by atoms with Crippen LogP contribution < -0.4 is 0 Å². The number of hydrogen-bond donors (Lipinski definition) is 0. The van der Waals surface area contributed by atoms with Crippen LogP contribution in [0, 0.1) is 0 Å². The molecule has 0 N–H and O–H groups in total. The van der Waals surface area contributed by atoms with Crippen LogP contribution in [0.2, 0.25) is 0 Å². The SMILES string of the molecule is CC(C)(c1ccccc1)c1cc(-n2c3ccccc3c3cc(-n4c5ccccc5c5ccccc54)ccc32)cc(C(C)(C)c2ccccc2)c1. The average Bonchev–Trinajstić information content (AvgIpc) is 3.68. The van der Waals surface area contributed by atoms with Crippen LogP contribution >= 0.6 is 0 Å². The first-order valence-corrected chi connectivity index (χ1v) is 17.6. The highest BCUT2D eigenvalue weighted by molar-refractivity contribution is 6.12. The van der Waals surface area contributed by atoms with Crippen LogP contribution in [0.3, 0.4) is 0 Å². The van der Waals surface area contributed by atoms with Crippen molar-refractivity contribution in [3.8, 4) is 11.4 Å². The van der Waals surface area contributed by atoms with Gasteiger partial charge in [-0.15, -0.1) is 0 Å². The van der Waals surface area contributed by atoms with Crippen LogP contribution in [0.4, 0.5) is 0 Å². The first-order valence-electron chi connectivity index (χ1n) is 17.6. The number of benzene rings is 7. The predicted octanol–water partition coefficient (Wildman–Crippen LogP) is 12.5. The Morgan fingerprint density at radius 3 is 1.16 bits per heavy atom. The van der Waals surface area contributed by atoms with Crippen LogP contribution in [0.1, 0.15) is 49.9 Å². The molecule has 0 amide bonds. The van der Waals surface area contributed by atoms with Gasteiger partial charge in [0.25, 0.3) is 0 Å². The highest BCUT2D eigenvalue weighted by atomic mass is 15.0. The summed E-state index contributed by atoms with van der Waals surface area (Å²) < 4.78 is 4.90. The number of aromatic nitrogens is 2. The van der Waals surface area contributed by atoms with Gasteiger partial charge in [-0.3, -0.25) is 0 Å². The lowest BCUT2D eigenvalue weighted by molar-refractivity contribution is 0.616. The molecular formula is C48H40N2. The Morgan fingerprint density at radius 2 is 0.680 bits per heavy atom. The molecule has 9 rings (SSSR count). The maximum atomic E-state index is 2.48. The van der Waals surface area contributed by atoms with Gasteiger partial charge in [0.1, 0.15) is 0 Å². The molecule has 0 atom stereocenters. The van der Waals surface area contributed by atoms with Gasteiger partial charge in [0, 0.05) is 43.7 Å². The summed E-state index contributed by atoms with van der Waals surface area (Å²) in [5.41, 5.74) is 12.0. The smallest absolute Gasteiger partial charge is 0.0542 e. The molecule has 0 saturated carbocycles. The Kier molecular flexibility index (Phi) is 6.86. The second kappa shape index (κ2) is 11.4. The highest BCUT2D eigenvalue weighted by Gasteiger charge is 2.29. The molecule has 0 unspecified atom stereocenters. The summed E-state index contributed by atoms with van der Waals surface area (Å²) in [6.45, 7) is 9.41.